The van der Waals surface area contributed by atoms with Gasteiger partial charge in [-0.1, -0.05) is 0 Å². The zero-order valence-electron chi connectivity index (χ0n) is 11.4. The lowest BCUT2D eigenvalue weighted by atomic mass is 10.3. The fourth-order valence-electron chi connectivity index (χ4n) is 2.23. The fourth-order valence-corrected chi connectivity index (χ4v) is 2.23. The van der Waals surface area contributed by atoms with Crippen LogP contribution in [0.3, 0.4) is 0 Å². The number of rotatable bonds is 3. The first-order valence-electron chi connectivity index (χ1n) is 6.65. The van der Waals surface area contributed by atoms with Crippen molar-refractivity contribution in [2.75, 3.05) is 50.0 Å². The quantitative estimate of drug-likeness (QED) is 0.909. The molecular formula is C13H20F2N4. The molecule has 1 aromatic heterocycles. The van der Waals surface area contributed by atoms with E-state index < -0.39 is 11.6 Å². The van der Waals surface area contributed by atoms with Crippen LogP contribution in [0.15, 0.2) is 6.07 Å². The van der Waals surface area contributed by atoms with E-state index in [0.29, 0.717) is 13.1 Å². The standard InChI is InChI=1S/C13H20F2N4/c1-3-16-12-10(14)9-11(15)13(17-12)19-6-4-5-18(2)7-8-19/h9H,3-8H2,1-2H3,(H,16,17). The van der Waals surface area contributed by atoms with Crippen molar-refractivity contribution in [3.8, 4) is 0 Å². The van der Waals surface area contributed by atoms with E-state index in [2.05, 4.69) is 15.2 Å². The van der Waals surface area contributed by atoms with Crippen molar-refractivity contribution < 1.29 is 8.78 Å². The number of nitrogens with one attached hydrogen (secondary N) is 1. The average Bonchev–Trinajstić information content (AvgIpc) is 2.58. The predicted octanol–water partition coefficient (Wildman–Crippen LogP) is 1.93. The molecule has 0 amide bonds. The third kappa shape index (κ3) is 3.32. The summed E-state index contributed by atoms with van der Waals surface area (Å²) in [6.07, 6.45) is 0.950. The molecule has 6 heteroatoms. The monoisotopic (exact) mass is 270 g/mol. The van der Waals surface area contributed by atoms with Gasteiger partial charge in [-0.05, 0) is 26.9 Å². The van der Waals surface area contributed by atoms with Gasteiger partial charge in [0.2, 0.25) is 0 Å². The maximum Gasteiger partial charge on any atom is 0.168 e. The molecule has 2 heterocycles. The highest BCUT2D eigenvalue weighted by Crippen LogP contribution is 2.23. The van der Waals surface area contributed by atoms with E-state index in [9.17, 15) is 8.78 Å². The summed E-state index contributed by atoms with van der Waals surface area (Å²) in [7, 11) is 2.04. The van der Waals surface area contributed by atoms with Gasteiger partial charge in [-0.25, -0.2) is 13.8 Å². The van der Waals surface area contributed by atoms with Crippen molar-refractivity contribution in [3.63, 3.8) is 0 Å². The zero-order chi connectivity index (χ0) is 13.8. The Kier molecular flexibility index (Phi) is 4.52. The molecule has 0 radical (unpaired) electrons. The molecule has 0 unspecified atom stereocenters. The van der Waals surface area contributed by atoms with Crippen LogP contribution in [-0.2, 0) is 0 Å². The van der Waals surface area contributed by atoms with Crippen molar-refractivity contribution in [2.24, 2.45) is 0 Å². The Bertz CT molecular complexity index is 439. The van der Waals surface area contributed by atoms with Gasteiger partial charge < -0.3 is 15.1 Å². The van der Waals surface area contributed by atoms with Crippen LogP contribution in [-0.4, -0.2) is 49.7 Å². The Labute approximate surface area is 112 Å². The van der Waals surface area contributed by atoms with Crippen LogP contribution in [0.25, 0.3) is 0 Å². The number of anilines is 2. The van der Waals surface area contributed by atoms with Crippen LogP contribution in [0, 0.1) is 11.6 Å². The van der Waals surface area contributed by atoms with Crippen LogP contribution < -0.4 is 10.2 Å². The summed E-state index contributed by atoms with van der Waals surface area (Å²) in [5.41, 5.74) is 0. The van der Waals surface area contributed by atoms with Crippen molar-refractivity contribution in [3.05, 3.63) is 17.7 Å². The highest BCUT2D eigenvalue weighted by molar-refractivity contribution is 5.49. The molecule has 0 aliphatic carbocycles. The molecule has 0 aromatic carbocycles. The molecule has 0 saturated carbocycles. The first-order valence-corrected chi connectivity index (χ1v) is 6.65. The minimum atomic E-state index is -0.643. The molecule has 1 saturated heterocycles. The number of aromatic nitrogens is 1. The molecule has 0 bridgehead atoms. The van der Waals surface area contributed by atoms with Gasteiger partial charge in [0, 0.05) is 32.2 Å². The van der Waals surface area contributed by atoms with Gasteiger partial charge in [-0.15, -0.1) is 0 Å². The second-order valence-corrected chi connectivity index (χ2v) is 4.80. The maximum atomic E-state index is 13.9. The van der Waals surface area contributed by atoms with Gasteiger partial charge in [0.15, 0.2) is 23.3 Å². The summed E-state index contributed by atoms with van der Waals surface area (Å²) < 4.78 is 27.4. The lowest BCUT2D eigenvalue weighted by Gasteiger charge is -2.22. The van der Waals surface area contributed by atoms with Crippen LogP contribution in [0.5, 0.6) is 0 Å². The van der Waals surface area contributed by atoms with Gasteiger partial charge in [0.05, 0.1) is 0 Å². The fraction of sp³-hybridized carbons (Fsp3) is 0.615. The Hall–Kier alpha value is -1.43. The van der Waals surface area contributed by atoms with Gasteiger partial charge in [0.1, 0.15) is 0 Å². The second-order valence-electron chi connectivity index (χ2n) is 4.80. The van der Waals surface area contributed by atoms with Gasteiger partial charge in [-0.3, -0.25) is 0 Å². The summed E-state index contributed by atoms with van der Waals surface area (Å²) in [5, 5.41) is 2.82. The number of likely N-dealkylation sites (N-methyl/N-ethyl adjacent to an activating group) is 1. The summed E-state index contributed by atoms with van der Waals surface area (Å²) >= 11 is 0. The predicted molar refractivity (Wildman–Crippen MR) is 72.6 cm³/mol. The largest absolute Gasteiger partial charge is 0.368 e. The summed E-state index contributed by atoms with van der Waals surface area (Å²) in [4.78, 5) is 8.19. The molecule has 0 atom stereocenters. The SMILES string of the molecule is CCNc1nc(N2CCCN(C)CC2)c(F)cc1F. The Balaban J connectivity index is 2.25. The molecule has 2 rings (SSSR count). The molecule has 1 aliphatic heterocycles. The van der Waals surface area contributed by atoms with E-state index in [-0.39, 0.29) is 11.6 Å². The van der Waals surface area contributed by atoms with Gasteiger partial charge >= 0.3 is 0 Å². The lowest BCUT2D eigenvalue weighted by Crippen LogP contribution is -2.30. The number of hydrogen-bond donors (Lipinski definition) is 1. The van der Waals surface area contributed by atoms with E-state index in [1.807, 2.05) is 18.9 Å². The third-order valence-electron chi connectivity index (χ3n) is 3.27. The Morgan fingerprint density at radius 1 is 1.21 bits per heavy atom. The summed E-state index contributed by atoms with van der Waals surface area (Å²) in [5.74, 6) is -0.872. The Morgan fingerprint density at radius 3 is 2.74 bits per heavy atom. The van der Waals surface area contributed by atoms with Crippen LogP contribution in [0.4, 0.5) is 20.4 Å². The molecule has 0 spiro atoms. The summed E-state index contributed by atoms with van der Waals surface area (Å²) in [6, 6.07) is 0.912. The molecule has 1 aromatic rings. The normalized spacial score (nSPS) is 17.4. The highest BCUT2D eigenvalue weighted by Gasteiger charge is 2.19. The minimum absolute atomic E-state index is 0.122. The molecule has 4 nitrogen and oxygen atoms in total. The molecule has 19 heavy (non-hydrogen) atoms. The zero-order valence-corrected chi connectivity index (χ0v) is 11.4. The molecule has 1 fully saturated rings. The maximum absolute atomic E-state index is 13.9. The highest BCUT2D eigenvalue weighted by atomic mass is 19.1. The smallest absolute Gasteiger partial charge is 0.168 e. The third-order valence-corrected chi connectivity index (χ3v) is 3.27. The molecule has 106 valence electrons. The lowest BCUT2D eigenvalue weighted by molar-refractivity contribution is 0.360. The van der Waals surface area contributed by atoms with E-state index in [1.54, 1.807) is 0 Å². The topological polar surface area (TPSA) is 31.4 Å². The number of halogens is 2. The average molecular weight is 270 g/mol. The number of hydrogen-bond acceptors (Lipinski definition) is 4. The Morgan fingerprint density at radius 2 is 2.00 bits per heavy atom. The van der Waals surface area contributed by atoms with Crippen LogP contribution in [0.2, 0.25) is 0 Å². The molecular weight excluding hydrogens is 250 g/mol. The van der Waals surface area contributed by atoms with E-state index in [0.717, 1.165) is 32.1 Å². The van der Waals surface area contributed by atoms with Gasteiger partial charge in [-0.2, -0.15) is 0 Å². The van der Waals surface area contributed by atoms with Crippen molar-refractivity contribution >= 4 is 11.6 Å². The number of pyridine rings is 1. The first kappa shape index (κ1) is 14.0. The van der Waals surface area contributed by atoms with E-state index >= 15 is 0 Å². The van der Waals surface area contributed by atoms with Crippen LogP contribution in [0.1, 0.15) is 13.3 Å². The first-order chi connectivity index (χ1) is 9.11. The second kappa shape index (κ2) is 6.14. The molecule has 1 aliphatic rings. The van der Waals surface area contributed by atoms with Gasteiger partial charge in [0.25, 0.3) is 0 Å². The van der Waals surface area contributed by atoms with Crippen molar-refractivity contribution in [1.82, 2.24) is 9.88 Å². The molecule has 1 N–H and O–H groups in total. The van der Waals surface area contributed by atoms with E-state index in [1.165, 1.54) is 0 Å². The minimum Gasteiger partial charge on any atom is -0.368 e. The summed E-state index contributed by atoms with van der Waals surface area (Å²) in [6.45, 7) is 5.69. The van der Waals surface area contributed by atoms with Crippen molar-refractivity contribution in [1.29, 1.82) is 0 Å². The number of nitrogens with zero attached hydrogens (tertiary/aromatic N) is 3. The van der Waals surface area contributed by atoms with Crippen LogP contribution >= 0.6 is 0 Å². The van der Waals surface area contributed by atoms with E-state index in [4.69, 9.17) is 0 Å². The van der Waals surface area contributed by atoms with Crippen molar-refractivity contribution in [2.45, 2.75) is 13.3 Å².